The molecule has 0 bridgehead atoms. The van der Waals surface area contributed by atoms with Crippen molar-refractivity contribution in [1.82, 2.24) is 10.2 Å². The zero-order chi connectivity index (χ0) is 17.9. The number of aryl methyl sites for hydroxylation is 1. The molecule has 0 unspecified atom stereocenters. The van der Waals surface area contributed by atoms with E-state index in [1.54, 1.807) is 0 Å². The van der Waals surface area contributed by atoms with E-state index in [4.69, 9.17) is 0 Å². The number of likely N-dealkylation sites (N-methyl/N-ethyl adjacent to an activating group) is 1. The second kappa shape index (κ2) is 7.53. The molecule has 0 saturated heterocycles. The highest BCUT2D eigenvalue weighted by molar-refractivity contribution is 5.81. The van der Waals surface area contributed by atoms with Gasteiger partial charge in [0.25, 0.3) is 0 Å². The van der Waals surface area contributed by atoms with Crippen LogP contribution in [-0.2, 0) is 11.2 Å². The van der Waals surface area contributed by atoms with Crippen LogP contribution in [0.4, 0.5) is 13.2 Å². The predicted octanol–water partition coefficient (Wildman–Crippen LogP) is 2.28. The Balaban J connectivity index is 2.11. The monoisotopic (exact) mass is 344 g/mol. The average Bonchev–Trinajstić information content (AvgIpc) is 2.52. The van der Waals surface area contributed by atoms with E-state index in [2.05, 4.69) is 5.32 Å². The summed E-state index contributed by atoms with van der Waals surface area (Å²) in [5, 5.41) is 12.4. The molecule has 2 rings (SSSR count). The molecular formula is C17H23F3N2O2. The topological polar surface area (TPSA) is 52.6 Å². The van der Waals surface area contributed by atoms with Gasteiger partial charge in [0.1, 0.15) is 0 Å². The van der Waals surface area contributed by atoms with E-state index < -0.39 is 24.7 Å². The molecule has 1 amide bonds. The first kappa shape index (κ1) is 18.7. The minimum Gasteiger partial charge on any atom is -0.396 e. The van der Waals surface area contributed by atoms with Crippen LogP contribution in [0, 0.1) is 5.92 Å². The van der Waals surface area contributed by atoms with Crippen LogP contribution < -0.4 is 5.32 Å². The molecule has 1 aliphatic carbocycles. The molecule has 0 fully saturated rings. The van der Waals surface area contributed by atoms with E-state index in [-0.39, 0.29) is 18.6 Å². The molecule has 1 aromatic carbocycles. The molecule has 0 radical (unpaired) electrons. The van der Waals surface area contributed by atoms with Crippen LogP contribution in [0.2, 0.25) is 0 Å². The number of hydrogen-bond donors (Lipinski definition) is 2. The van der Waals surface area contributed by atoms with E-state index in [1.807, 2.05) is 24.3 Å². The summed E-state index contributed by atoms with van der Waals surface area (Å²) in [5.74, 6) is -0.606. The number of fused-ring (bicyclic) bond motifs is 1. The van der Waals surface area contributed by atoms with Crippen molar-refractivity contribution in [3.8, 4) is 0 Å². The molecule has 1 aliphatic rings. The Morgan fingerprint density at radius 1 is 1.42 bits per heavy atom. The Kier molecular flexibility index (Phi) is 5.87. The molecule has 24 heavy (non-hydrogen) atoms. The van der Waals surface area contributed by atoms with Crippen LogP contribution in [0.5, 0.6) is 0 Å². The normalized spacial score (nSPS) is 22.1. The van der Waals surface area contributed by atoms with E-state index >= 15 is 0 Å². The quantitative estimate of drug-likeness (QED) is 0.862. The van der Waals surface area contributed by atoms with E-state index in [0.717, 1.165) is 28.9 Å². The third kappa shape index (κ3) is 4.48. The molecule has 7 heteroatoms. The van der Waals surface area contributed by atoms with Crippen LogP contribution in [0.1, 0.15) is 30.5 Å². The average molecular weight is 344 g/mol. The largest absolute Gasteiger partial charge is 0.401 e. The van der Waals surface area contributed by atoms with Crippen molar-refractivity contribution in [2.24, 2.45) is 5.92 Å². The molecule has 0 heterocycles. The van der Waals surface area contributed by atoms with Crippen molar-refractivity contribution in [1.29, 1.82) is 0 Å². The van der Waals surface area contributed by atoms with Crippen LogP contribution in [0.3, 0.4) is 0 Å². The molecular weight excluding hydrogens is 321 g/mol. The lowest BCUT2D eigenvalue weighted by Crippen LogP contribution is -2.49. The Bertz CT molecular complexity index is 577. The number of nitrogens with one attached hydrogen (secondary N) is 1. The number of alkyl halides is 3. The second-order valence-electron chi connectivity index (χ2n) is 6.37. The highest BCUT2D eigenvalue weighted by atomic mass is 19.4. The van der Waals surface area contributed by atoms with Gasteiger partial charge in [-0.3, -0.25) is 9.69 Å². The lowest BCUT2D eigenvalue weighted by molar-refractivity contribution is -0.151. The van der Waals surface area contributed by atoms with Crippen molar-refractivity contribution < 1.29 is 23.1 Å². The molecule has 134 valence electrons. The van der Waals surface area contributed by atoms with E-state index in [0.29, 0.717) is 0 Å². The first-order chi connectivity index (χ1) is 11.2. The standard InChI is InChI=1S/C17H23F3N2O2/c1-11(22(2)10-17(18,19)20)16(24)21-15-13(9-23)8-7-12-5-3-4-6-14(12)15/h3-6,11,13,15,23H,7-10H2,1-2H3,(H,21,24)/t11-,13+,15+/m1/s1. The molecule has 1 aromatic rings. The highest BCUT2D eigenvalue weighted by Crippen LogP contribution is 2.34. The van der Waals surface area contributed by atoms with Gasteiger partial charge >= 0.3 is 6.18 Å². The van der Waals surface area contributed by atoms with Gasteiger partial charge in [-0.25, -0.2) is 0 Å². The van der Waals surface area contributed by atoms with Gasteiger partial charge in [0.2, 0.25) is 5.91 Å². The van der Waals surface area contributed by atoms with Crippen molar-refractivity contribution >= 4 is 5.91 Å². The lowest BCUT2D eigenvalue weighted by Gasteiger charge is -2.35. The summed E-state index contributed by atoms with van der Waals surface area (Å²) in [6.07, 6.45) is -2.81. The van der Waals surface area contributed by atoms with E-state index in [1.165, 1.54) is 14.0 Å². The number of amides is 1. The first-order valence-corrected chi connectivity index (χ1v) is 7.99. The minimum atomic E-state index is -4.35. The van der Waals surface area contributed by atoms with E-state index in [9.17, 15) is 23.1 Å². The number of rotatable bonds is 5. The van der Waals surface area contributed by atoms with Gasteiger partial charge < -0.3 is 10.4 Å². The fraction of sp³-hybridized carbons (Fsp3) is 0.588. The Morgan fingerprint density at radius 2 is 2.08 bits per heavy atom. The van der Waals surface area contributed by atoms with Crippen LogP contribution in [-0.4, -0.2) is 48.3 Å². The summed E-state index contributed by atoms with van der Waals surface area (Å²) in [6, 6.07) is 6.34. The van der Waals surface area contributed by atoms with Gasteiger partial charge in [-0.15, -0.1) is 0 Å². The van der Waals surface area contributed by atoms with Crippen molar-refractivity contribution in [2.75, 3.05) is 20.2 Å². The Labute approximate surface area is 139 Å². The molecule has 0 spiro atoms. The number of carbonyl (C=O) groups excluding carboxylic acids is 1. The smallest absolute Gasteiger partial charge is 0.396 e. The SMILES string of the molecule is C[C@H](C(=O)N[C@@H]1c2ccccc2CC[C@H]1CO)N(C)CC(F)(F)F. The maximum atomic E-state index is 12.5. The molecule has 4 nitrogen and oxygen atoms in total. The number of hydrogen-bond acceptors (Lipinski definition) is 3. The number of halogens is 3. The second-order valence-corrected chi connectivity index (χ2v) is 6.37. The third-order valence-corrected chi connectivity index (χ3v) is 4.65. The van der Waals surface area contributed by atoms with Crippen LogP contribution in [0.15, 0.2) is 24.3 Å². The number of aliphatic hydroxyl groups excluding tert-OH is 1. The summed E-state index contributed by atoms with van der Waals surface area (Å²) in [6.45, 7) is 0.224. The summed E-state index contributed by atoms with van der Waals surface area (Å²) in [7, 11) is 1.27. The van der Waals surface area contributed by atoms with Crippen LogP contribution in [0.25, 0.3) is 0 Å². The Morgan fingerprint density at radius 3 is 2.71 bits per heavy atom. The van der Waals surface area contributed by atoms with Crippen molar-refractivity contribution in [3.63, 3.8) is 0 Å². The number of nitrogens with zero attached hydrogens (tertiary/aromatic N) is 1. The fourth-order valence-corrected chi connectivity index (χ4v) is 3.11. The number of benzene rings is 1. The van der Waals surface area contributed by atoms with Gasteiger partial charge in [0.15, 0.2) is 0 Å². The highest BCUT2D eigenvalue weighted by Gasteiger charge is 2.35. The van der Waals surface area contributed by atoms with Gasteiger partial charge in [0.05, 0.1) is 18.6 Å². The summed E-state index contributed by atoms with van der Waals surface area (Å²) < 4.78 is 37.5. The van der Waals surface area contributed by atoms with Crippen LogP contribution >= 0.6 is 0 Å². The zero-order valence-corrected chi connectivity index (χ0v) is 13.8. The number of aliphatic hydroxyl groups is 1. The maximum Gasteiger partial charge on any atom is 0.401 e. The lowest BCUT2D eigenvalue weighted by atomic mass is 9.80. The third-order valence-electron chi connectivity index (χ3n) is 4.65. The summed E-state index contributed by atoms with van der Waals surface area (Å²) >= 11 is 0. The molecule has 3 atom stereocenters. The number of carbonyl (C=O) groups is 1. The first-order valence-electron chi connectivity index (χ1n) is 7.99. The van der Waals surface area contributed by atoms with Gasteiger partial charge in [-0.1, -0.05) is 24.3 Å². The Hall–Kier alpha value is -1.60. The zero-order valence-electron chi connectivity index (χ0n) is 13.8. The molecule has 0 aliphatic heterocycles. The molecule has 0 saturated carbocycles. The summed E-state index contributed by atoms with van der Waals surface area (Å²) in [5.41, 5.74) is 2.03. The van der Waals surface area contributed by atoms with Crippen molar-refractivity contribution in [2.45, 2.75) is 38.0 Å². The fourth-order valence-electron chi connectivity index (χ4n) is 3.11. The van der Waals surface area contributed by atoms with Gasteiger partial charge in [0, 0.05) is 12.5 Å². The molecule has 0 aromatic heterocycles. The van der Waals surface area contributed by atoms with Gasteiger partial charge in [-0.05, 0) is 37.9 Å². The minimum absolute atomic E-state index is 0.0773. The predicted molar refractivity (Wildman–Crippen MR) is 84.4 cm³/mol. The maximum absolute atomic E-state index is 12.5. The summed E-state index contributed by atoms with van der Waals surface area (Å²) in [4.78, 5) is 13.4. The molecule has 2 N–H and O–H groups in total. The van der Waals surface area contributed by atoms with Gasteiger partial charge in [-0.2, -0.15) is 13.2 Å². The van der Waals surface area contributed by atoms with Crippen molar-refractivity contribution in [3.05, 3.63) is 35.4 Å².